The fraction of sp³-hybridized carbons (Fsp3) is 0. The Balaban J connectivity index is 2.67. The van der Waals surface area contributed by atoms with Gasteiger partial charge in [0.25, 0.3) is 14.2 Å². The molecule has 0 unspecified atom stereocenters. The van der Waals surface area contributed by atoms with Crippen LogP contribution in [0, 0.1) is 21.7 Å². The number of hydrogen-bond donors (Lipinski definition) is 1. The van der Waals surface area contributed by atoms with Crippen LogP contribution >= 0.6 is 10.7 Å². The first kappa shape index (κ1) is 14.3. The van der Waals surface area contributed by atoms with Crippen molar-refractivity contribution in [3.8, 4) is 11.4 Å². The maximum Gasteiger partial charge on any atom is 0.305 e. The van der Waals surface area contributed by atoms with Crippen LogP contribution in [-0.4, -0.2) is 28.5 Å². The SMILES string of the molecule is O=[N+]([O-])c1ccc(F)c(-c2n[nH]c(S(=O)(=O)Cl)n2)c1F. The zero-order chi connectivity index (χ0) is 15.1. The maximum absolute atomic E-state index is 13.8. The number of H-pyrrole nitrogens is 1. The van der Waals surface area contributed by atoms with Crippen LogP contribution in [0.15, 0.2) is 17.3 Å². The van der Waals surface area contributed by atoms with Crippen molar-refractivity contribution in [1.82, 2.24) is 15.2 Å². The molecule has 0 spiro atoms. The molecule has 2 rings (SSSR count). The van der Waals surface area contributed by atoms with Crippen molar-refractivity contribution in [3.63, 3.8) is 0 Å². The average molecular weight is 325 g/mol. The Labute approximate surface area is 114 Å². The van der Waals surface area contributed by atoms with E-state index in [0.29, 0.717) is 12.1 Å². The highest BCUT2D eigenvalue weighted by Gasteiger charge is 2.26. The highest BCUT2D eigenvalue weighted by molar-refractivity contribution is 8.13. The summed E-state index contributed by atoms with van der Waals surface area (Å²) in [6.45, 7) is 0. The number of halogens is 3. The molecule has 0 radical (unpaired) electrons. The highest BCUT2D eigenvalue weighted by Crippen LogP contribution is 2.30. The van der Waals surface area contributed by atoms with Crippen molar-refractivity contribution < 1.29 is 22.1 Å². The number of nitrogens with zero attached hydrogens (tertiary/aromatic N) is 3. The molecule has 1 aromatic heterocycles. The molecule has 106 valence electrons. The van der Waals surface area contributed by atoms with Gasteiger partial charge in [-0.05, 0) is 6.07 Å². The fourth-order valence-electron chi connectivity index (χ4n) is 1.36. The summed E-state index contributed by atoms with van der Waals surface area (Å²) < 4.78 is 49.3. The molecule has 12 heteroatoms. The van der Waals surface area contributed by atoms with Crippen molar-refractivity contribution in [2.45, 2.75) is 5.16 Å². The van der Waals surface area contributed by atoms with E-state index in [1.165, 1.54) is 0 Å². The Kier molecular flexibility index (Phi) is 3.39. The summed E-state index contributed by atoms with van der Waals surface area (Å²) in [6, 6.07) is 1.27. The number of aromatic nitrogens is 3. The van der Waals surface area contributed by atoms with Crippen molar-refractivity contribution in [2.75, 3.05) is 0 Å². The topological polar surface area (TPSA) is 119 Å². The zero-order valence-electron chi connectivity index (χ0n) is 9.17. The summed E-state index contributed by atoms with van der Waals surface area (Å²) >= 11 is 0. The van der Waals surface area contributed by atoms with Crippen LogP contribution in [0.4, 0.5) is 14.5 Å². The smallest absolute Gasteiger partial charge is 0.258 e. The van der Waals surface area contributed by atoms with Crippen molar-refractivity contribution in [1.29, 1.82) is 0 Å². The molecule has 0 aliphatic carbocycles. The predicted molar refractivity (Wildman–Crippen MR) is 61.4 cm³/mol. The second kappa shape index (κ2) is 4.76. The van der Waals surface area contributed by atoms with Gasteiger partial charge in [0.15, 0.2) is 5.82 Å². The third-order valence-electron chi connectivity index (χ3n) is 2.19. The summed E-state index contributed by atoms with van der Waals surface area (Å²) in [7, 11) is 0.686. The van der Waals surface area contributed by atoms with E-state index in [-0.39, 0.29) is 0 Å². The van der Waals surface area contributed by atoms with Crippen LogP contribution in [0.2, 0.25) is 0 Å². The van der Waals surface area contributed by atoms with Gasteiger partial charge in [0, 0.05) is 16.7 Å². The minimum absolute atomic E-state index is 0.625. The molecule has 0 atom stereocenters. The lowest BCUT2D eigenvalue weighted by molar-refractivity contribution is -0.387. The standard InChI is InChI=1S/C8H3ClF2N4O4S/c9-20(18,19)8-12-7(13-14-8)5-3(10)1-2-4(6(5)11)15(16)17/h1-2H,(H,12,13,14). The zero-order valence-corrected chi connectivity index (χ0v) is 10.7. The fourth-order valence-corrected chi connectivity index (χ4v) is 1.91. The van der Waals surface area contributed by atoms with Crippen LogP contribution in [0.5, 0.6) is 0 Å². The van der Waals surface area contributed by atoms with Crippen LogP contribution < -0.4 is 0 Å². The van der Waals surface area contributed by atoms with Gasteiger partial charge in [-0.15, -0.1) is 0 Å². The van der Waals surface area contributed by atoms with Crippen LogP contribution in [-0.2, 0) is 9.05 Å². The van der Waals surface area contributed by atoms with Crippen LogP contribution in [0.1, 0.15) is 0 Å². The molecule has 0 aliphatic rings. The number of benzene rings is 1. The molecule has 2 aromatic rings. The lowest BCUT2D eigenvalue weighted by Crippen LogP contribution is -1.99. The van der Waals surface area contributed by atoms with Crippen LogP contribution in [0.3, 0.4) is 0 Å². The first-order valence-corrected chi connectivity index (χ1v) is 7.02. The van der Waals surface area contributed by atoms with E-state index in [9.17, 15) is 27.3 Å². The van der Waals surface area contributed by atoms with Gasteiger partial charge in [-0.25, -0.2) is 17.9 Å². The van der Waals surface area contributed by atoms with Gasteiger partial charge in [0.1, 0.15) is 5.82 Å². The normalized spacial score (nSPS) is 11.6. The average Bonchev–Trinajstić information content (AvgIpc) is 2.77. The van der Waals surface area contributed by atoms with Gasteiger partial charge in [-0.2, -0.15) is 14.5 Å². The number of nitrogens with one attached hydrogen (secondary N) is 1. The number of nitro groups is 1. The van der Waals surface area contributed by atoms with E-state index in [2.05, 4.69) is 10.1 Å². The molecule has 1 N–H and O–H groups in total. The quantitative estimate of drug-likeness (QED) is 0.520. The molecular formula is C8H3ClF2N4O4S. The summed E-state index contributed by atoms with van der Waals surface area (Å²) in [4.78, 5) is 12.8. The molecule has 0 saturated heterocycles. The highest BCUT2D eigenvalue weighted by atomic mass is 35.7. The largest absolute Gasteiger partial charge is 0.305 e. The summed E-state index contributed by atoms with van der Waals surface area (Å²) in [5.74, 6) is -3.42. The second-order valence-corrected chi connectivity index (χ2v) is 5.90. The number of rotatable bonds is 3. The molecule has 8 nitrogen and oxygen atoms in total. The van der Waals surface area contributed by atoms with E-state index >= 15 is 0 Å². The maximum atomic E-state index is 13.8. The lowest BCUT2D eigenvalue weighted by Gasteiger charge is -2.00. The third kappa shape index (κ3) is 2.44. The van der Waals surface area contributed by atoms with Gasteiger partial charge in [-0.1, -0.05) is 0 Å². The van der Waals surface area contributed by atoms with Crippen molar-refractivity contribution in [3.05, 3.63) is 33.9 Å². The Morgan fingerprint density at radius 3 is 2.50 bits per heavy atom. The molecule has 0 saturated carbocycles. The molecule has 20 heavy (non-hydrogen) atoms. The molecule has 1 aromatic carbocycles. The molecule has 0 aliphatic heterocycles. The Bertz CT molecular complexity index is 807. The van der Waals surface area contributed by atoms with E-state index in [1.54, 1.807) is 0 Å². The molecular weight excluding hydrogens is 322 g/mol. The monoisotopic (exact) mass is 324 g/mol. The second-order valence-electron chi connectivity index (χ2n) is 3.41. The van der Waals surface area contributed by atoms with Gasteiger partial charge < -0.3 is 0 Å². The first-order valence-electron chi connectivity index (χ1n) is 4.71. The molecule has 1 heterocycles. The van der Waals surface area contributed by atoms with Gasteiger partial charge in [-0.3, -0.25) is 10.1 Å². The van der Waals surface area contributed by atoms with E-state index in [0.717, 1.165) is 0 Å². The van der Waals surface area contributed by atoms with E-state index in [4.69, 9.17) is 10.7 Å². The summed E-state index contributed by atoms with van der Waals surface area (Å²) in [5, 5.41) is 14.9. The van der Waals surface area contributed by atoms with Crippen molar-refractivity contribution in [2.24, 2.45) is 0 Å². The molecule has 0 fully saturated rings. The number of nitro benzene ring substituents is 1. The van der Waals surface area contributed by atoms with Crippen LogP contribution in [0.25, 0.3) is 11.4 Å². The summed E-state index contributed by atoms with van der Waals surface area (Å²) in [6.07, 6.45) is 0. The van der Waals surface area contributed by atoms with Gasteiger partial charge >= 0.3 is 5.69 Å². The predicted octanol–water partition coefficient (Wildman–Crippen LogP) is 1.59. The van der Waals surface area contributed by atoms with Gasteiger partial charge in [0.2, 0.25) is 5.82 Å². The minimum atomic E-state index is -4.28. The first-order chi connectivity index (χ1) is 9.21. The minimum Gasteiger partial charge on any atom is -0.258 e. The molecule has 0 bridgehead atoms. The van der Waals surface area contributed by atoms with Gasteiger partial charge in [0.05, 0.1) is 10.5 Å². The summed E-state index contributed by atoms with van der Waals surface area (Å²) in [5.41, 5.74) is -1.93. The Morgan fingerprint density at radius 1 is 1.35 bits per heavy atom. The number of hydrogen-bond acceptors (Lipinski definition) is 6. The Morgan fingerprint density at radius 2 is 2.00 bits per heavy atom. The van der Waals surface area contributed by atoms with Crippen molar-refractivity contribution >= 4 is 25.4 Å². The number of aromatic amines is 1. The third-order valence-corrected chi connectivity index (χ3v) is 3.27. The molecule has 0 amide bonds. The lowest BCUT2D eigenvalue weighted by atomic mass is 10.1. The van der Waals surface area contributed by atoms with E-state index in [1.807, 2.05) is 5.10 Å². The Hall–Kier alpha value is -2.14. The van der Waals surface area contributed by atoms with E-state index < -0.39 is 47.8 Å².